The SMILES string of the molecule is COc1ccc(OCCCN2CCC(c3nc(N)n[nH]3)CC2)cc1. The first-order chi connectivity index (χ1) is 11.7. The summed E-state index contributed by atoms with van der Waals surface area (Å²) in [6.45, 7) is 3.94. The first-order valence-electron chi connectivity index (χ1n) is 8.41. The highest BCUT2D eigenvalue weighted by Gasteiger charge is 2.22. The van der Waals surface area contributed by atoms with Gasteiger partial charge in [0, 0.05) is 12.5 Å². The Hall–Kier alpha value is -2.28. The Morgan fingerprint density at radius 3 is 2.54 bits per heavy atom. The van der Waals surface area contributed by atoms with E-state index >= 15 is 0 Å². The number of ether oxygens (including phenoxy) is 2. The van der Waals surface area contributed by atoms with Gasteiger partial charge in [-0.05, 0) is 56.6 Å². The molecule has 1 aliphatic rings. The van der Waals surface area contributed by atoms with E-state index in [2.05, 4.69) is 20.1 Å². The number of anilines is 1. The molecular weight excluding hydrogens is 306 g/mol. The van der Waals surface area contributed by atoms with Crippen molar-refractivity contribution in [3.8, 4) is 11.5 Å². The molecule has 0 aliphatic carbocycles. The van der Waals surface area contributed by atoms with E-state index in [0.717, 1.165) is 62.8 Å². The number of benzene rings is 1. The van der Waals surface area contributed by atoms with Crippen LogP contribution >= 0.6 is 0 Å². The minimum atomic E-state index is 0.336. The van der Waals surface area contributed by atoms with Gasteiger partial charge in [-0.25, -0.2) is 0 Å². The number of nitrogens with one attached hydrogen (secondary N) is 1. The molecule has 2 aromatic rings. The second-order valence-electron chi connectivity index (χ2n) is 6.07. The van der Waals surface area contributed by atoms with Crippen molar-refractivity contribution in [2.45, 2.75) is 25.2 Å². The topological polar surface area (TPSA) is 89.3 Å². The van der Waals surface area contributed by atoms with Crippen LogP contribution in [-0.2, 0) is 0 Å². The van der Waals surface area contributed by atoms with E-state index in [9.17, 15) is 0 Å². The summed E-state index contributed by atoms with van der Waals surface area (Å²) < 4.78 is 10.9. The van der Waals surface area contributed by atoms with Crippen molar-refractivity contribution >= 4 is 5.95 Å². The minimum absolute atomic E-state index is 0.336. The third-order valence-electron chi connectivity index (χ3n) is 4.44. The number of nitrogens with zero attached hydrogens (tertiary/aromatic N) is 3. The first kappa shape index (κ1) is 16.6. The molecular formula is C17H25N5O2. The van der Waals surface area contributed by atoms with Gasteiger partial charge >= 0.3 is 0 Å². The minimum Gasteiger partial charge on any atom is -0.497 e. The first-order valence-corrected chi connectivity index (χ1v) is 8.41. The van der Waals surface area contributed by atoms with Crippen molar-refractivity contribution in [1.29, 1.82) is 0 Å². The highest BCUT2D eigenvalue weighted by Crippen LogP contribution is 2.25. The number of likely N-dealkylation sites (tertiary alicyclic amines) is 1. The van der Waals surface area contributed by atoms with Crippen molar-refractivity contribution in [3.63, 3.8) is 0 Å². The zero-order valence-corrected chi connectivity index (χ0v) is 14.1. The summed E-state index contributed by atoms with van der Waals surface area (Å²) in [5.74, 6) is 3.44. The van der Waals surface area contributed by atoms with Gasteiger partial charge in [0.05, 0.1) is 13.7 Å². The number of piperidine rings is 1. The van der Waals surface area contributed by atoms with Gasteiger partial charge in [-0.3, -0.25) is 5.10 Å². The van der Waals surface area contributed by atoms with Crippen LogP contribution < -0.4 is 15.2 Å². The lowest BCUT2D eigenvalue weighted by molar-refractivity contribution is 0.191. The van der Waals surface area contributed by atoms with Crippen LogP contribution in [0.25, 0.3) is 0 Å². The molecule has 0 amide bonds. The van der Waals surface area contributed by atoms with Crippen LogP contribution in [0.5, 0.6) is 11.5 Å². The van der Waals surface area contributed by atoms with Crippen LogP contribution in [0.4, 0.5) is 5.95 Å². The maximum Gasteiger partial charge on any atom is 0.239 e. The van der Waals surface area contributed by atoms with E-state index in [-0.39, 0.29) is 0 Å². The van der Waals surface area contributed by atoms with Gasteiger partial charge in [0.1, 0.15) is 17.3 Å². The molecule has 7 heteroatoms. The van der Waals surface area contributed by atoms with Crippen LogP contribution in [0, 0.1) is 0 Å². The normalized spacial score (nSPS) is 16.2. The molecule has 1 aromatic heterocycles. The Labute approximate surface area is 142 Å². The molecule has 2 heterocycles. The van der Waals surface area contributed by atoms with E-state index in [0.29, 0.717) is 11.9 Å². The Morgan fingerprint density at radius 1 is 1.21 bits per heavy atom. The molecule has 3 N–H and O–H groups in total. The molecule has 1 fully saturated rings. The fraction of sp³-hybridized carbons (Fsp3) is 0.529. The molecule has 0 atom stereocenters. The third-order valence-corrected chi connectivity index (χ3v) is 4.44. The molecule has 0 bridgehead atoms. The molecule has 0 saturated carbocycles. The highest BCUT2D eigenvalue weighted by atomic mass is 16.5. The molecule has 0 spiro atoms. The maximum absolute atomic E-state index is 5.77. The quantitative estimate of drug-likeness (QED) is 0.755. The zero-order valence-electron chi connectivity index (χ0n) is 14.1. The molecule has 130 valence electrons. The number of rotatable bonds is 7. The number of H-pyrrole nitrogens is 1. The van der Waals surface area contributed by atoms with Crippen LogP contribution in [0.2, 0.25) is 0 Å². The zero-order chi connectivity index (χ0) is 16.8. The Balaban J connectivity index is 1.33. The van der Waals surface area contributed by atoms with Crippen molar-refractivity contribution in [2.75, 3.05) is 39.1 Å². The van der Waals surface area contributed by atoms with E-state index in [1.807, 2.05) is 24.3 Å². The largest absolute Gasteiger partial charge is 0.497 e. The summed E-state index contributed by atoms with van der Waals surface area (Å²) in [5, 5.41) is 6.85. The van der Waals surface area contributed by atoms with E-state index in [4.69, 9.17) is 15.2 Å². The summed E-state index contributed by atoms with van der Waals surface area (Å²) in [7, 11) is 1.66. The lowest BCUT2D eigenvalue weighted by Gasteiger charge is -2.30. The monoisotopic (exact) mass is 331 g/mol. The van der Waals surface area contributed by atoms with Crippen molar-refractivity contribution in [1.82, 2.24) is 20.1 Å². The standard InChI is InChI=1S/C17H25N5O2/c1-23-14-3-5-15(6-4-14)24-12-2-9-22-10-7-13(8-11-22)16-19-17(18)21-20-16/h3-6,13H,2,7-12H2,1H3,(H3,18,19,20,21). The van der Waals surface area contributed by atoms with Crippen LogP contribution in [0.15, 0.2) is 24.3 Å². The molecule has 0 radical (unpaired) electrons. The highest BCUT2D eigenvalue weighted by molar-refractivity contribution is 5.31. The van der Waals surface area contributed by atoms with E-state index in [1.54, 1.807) is 7.11 Å². The second-order valence-corrected chi connectivity index (χ2v) is 6.07. The predicted octanol–water partition coefficient (Wildman–Crippen LogP) is 2.04. The Kier molecular flexibility index (Phi) is 5.53. The molecule has 1 aromatic carbocycles. The number of methoxy groups -OCH3 is 1. The van der Waals surface area contributed by atoms with Gasteiger partial charge in [-0.1, -0.05) is 0 Å². The van der Waals surface area contributed by atoms with Crippen molar-refractivity contribution in [2.24, 2.45) is 0 Å². The van der Waals surface area contributed by atoms with Gasteiger partial charge < -0.3 is 20.1 Å². The molecule has 24 heavy (non-hydrogen) atoms. The van der Waals surface area contributed by atoms with Gasteiger partial charge in [-0.15, -0.1) is 5.10 Å². The summed E-state index contributed by atoms with van der Waals surface area (Å²) >= 11 is 0. The number of aromatic amines is 1. The maximum atomic E-state index is 5.77. The van der Waals surface area contributed by atoms with Crippen LogP contribution in [-0.4, -0.2) is 53.4 Å². The second kappa shape index (κ2) is 8.01. The lowest BCUT2D eigenvalue weighted by Crippen LogP contribution is -2.34. The number of nitrogens with two attached hydrogens (primary N) is 1. The third kappa shape index (κ3) is 4.38. The Bertz CT molecular complexity index is 620. The van der Waals surface area contributed by atoms with Crippen LogP contribution in [0.1, 0.15) is 31.0 Å². The molecule has 1 aliphatic heterocycles. The fourth-order valence-corrected chi connectivity index (χ4v) is 3.05. The summed E-state index contributed by atoms with van der Waals surface area (Å²) in [6.07, 6.45) is 3.20. The molecule has 1 saturated heterocycles. The summed E-state index contributed by atoms with van der Waals surface area (Å²) in [5.41, 5.74) is 5.57. The molecule has 3 rings (SSSR count). The van der Waals surface area contributed by atoms with Gasteiger partial charge in [0.2, 0.25) is 5.95 Å². The van der Waals surface area contributed by atoms with Crippen LogP contribution in [0.3, 0.4) is 0 Å². The lowest BCUT2D eigenvalue weighted by atomic mass is 9.96. The van der Waals surface area contributed by atoms with Gasteiger partial charge in [0.25, 0.3) is 0 Å². The number of aromatic nitrogens is 3. The Morgan fingerprint density at radius 2 is 1.92 bits per heavy atom. The van der Waals surface area contributed by atoms with E-state index in [1.165, 1.54) is 0 Å². The average molecular weight is 331 g/mol. The average Bonchev–Trinajstić information content (AvgIpc) is 3.06. The van der Waals surface area contributed by atoms with Crippen molar-refractivity contribution < 1.29 is 9.47 Å². The number of nitrogen functional groups attached to an aromatic ring is 1. The van der Waals surface area contributed by atoms with Crippen molar-refractivity contribution in [3.05, 3.63) is 30.1 Å². The van der Waals surface area contributed by atoms with Gasteiger partial charge in [-0.2, -0.15) is 4.98 Å². The summed E-state index contributed by atoms with van der Waals surface area (Å²) in [6, 6.07) is 7.70. The molecule has 7 nitrogen and oxygen atoms in total. The molecule has 0 unspecified atom stereocenters. The number of hydrogen-bond donors (Lipinski definition) is 2. The smallest absolute Gasteiger partial charge is 0.239 e. The summed E-state index contributed by atoms with van der Waals surface area (Å²) in [4.78, 5) is 6.72. The number of hydrogen-bond acceptors (Lipinski definition) is 6. The van der Waals surface area contributed by atoms with Gasteiger partial charge in [0.15, 0.2) is 0 Å². The fourth-order valence-electron chi connectivity index (χ4n) is 3.05. The predicted molar refractivity (Wildman–Crippen MR) is 92.3 cm³/mol. The van der Waals surface area contributed by atoms with E-state index < -0.39 is 0 Å².